The number of nitrogens with two attached hydrogens (primary N) is 1. The van der Waals surface area contributed by atoms with E-state index in [1.54, 1.807) is 6.21 Å². The quantitative estimate of drug-likeness (QED) is 0.270. The molecule has 0 unspecified atom stereocenters. The molecule has 0 spiro atoms. The van der Waals surface area contributed by atoms with Crippen LogP contribution in [0.4, 0.5) is 0 Å². The summed E-state index contributed by atoms with van der Waals surface area (Å²) < 4.78 is 9.89. The number of benzene rings is 1. The molecule has 0 saturated heterocycles. The van der Waals surface area contributed by atoms with E-state index in [9.17, 15) is 0 Å². The fourth-order valence-electron chi connectivity index (χ4n) is 2.03. The van der Waals surface area contributed by atoms with E-state index in [4.69, 9.17) is 10.5 Å². The Balaban J connectivity index is 1.89. The van der Waals surface area contributed by atoms with Gasteiger partial charge in [0.2, 0.25) is 0 Å². The van der Waals surface area contributed by atoms with E-state index in [1.807, 2.05) is 66.8 Å². The lowest BCUT2D eigenvalue weighted by Crippen LogP contribution is -2.77. The number of ether oxygens (including phenoxy) is 1. The van der Waals surface area contributed by atoms with Gasteiger partial charge in [-0.1, -0.05) is 0 Å². The first-order valence-corrected chi connectivity index (χ1v) is 7.48. The minimum atomic E-state index is 0.430. The molecule has 2 aromatic rings. The molecule has 2 rings (SSSR count). The topological polar surface area (TPSA) is 82.4 Å². The van der Waals surface area contributed by atoms with Crippen molar-refractivity contribution in [3.8, 4) is 5.75 Å². The summed E-state index contributed by atoms with van der Waals surface area (Å²) >= 11 is 0. The smallest absolute Gasteiger partial charge is 0.365 e. The van der Waals surface area contributed by atoms with Gasteiger partial charge in [-0.25, -0.2) is 9.13 Å². The first-order valence-electron chi connectivity index (χ1n) is 7.48. The van der Waals surface area contributed by atoms with Gasteiger partial charge >= 0.3 is 5.96 Å². The largest absolute Gasteiger partial charge is 0.481 e. The maximum atomic E-state index is 5.81. The van der Waals surface area contributed by atoms with Crippen molar-refractivity contribution in [3.05, 3.63) is 48.0 Å². The molecule has 0 aliphatic carbocycles. The molecule has 1 aromatic carbocycles. The Bertz CT molecular complexity index is 668. The summed E-state index contributed by atoms with van der Waals surface area (Å²) in [6.45, 7) is 3.23. The molecule has 7 heteroatoms. The summed E-state index contributed by atoms with van der Waals surface area (Å²) in [5.74, 6) is 2.34. The average Bonchev–Trinajstić information content (AvgIpc) is 2.85. The molecule has 122 valence electrons. The van der Waals surface area contributed by atoms with Gasteiger partial charge in [0.25, 0.3) is 5.82 Å². The first kappa shape index (κ1) is 16.5. The van der Waals surface area contributed by atoms with Crippen LogP contribution in [0.25, 0.3) is 0 Å². The fraction of sp³-hybridized carbons (Fsp3) is 0.312. The van der Waals surface area contributed by atoms with Crippen molar-refractivity contribution in [1.82, 2.24) is 9.99 Å². The van der Waals surface area contributed by atoms with E-state index < -0.39 is 0 Å². The van der Waals surface area contributed by atoms with Crippen molar-refractivity contribution in [1.29, 1.82) is 0 Å². The number of aromatic nitrogens is 2. The third-order valence-electron chi connectivity index (χ3n) is 3.34. The Labute approximate surface area is 136 Å². The lowest BCUT2D eigenvalue weighted by Gasteiger charge is -2.04. The summed E-state index contributed by atoms with van der Waals surface area (Å²) in [7, 11) is 4.00. The third kappa shape index (κ3) is 4.84. The second-order valence-electron chi connectivity index (χ2n) is 5.11. The highest BCUT2D eigenvalue weighted by atomic mass is 16.5. The molecular weight excluding hydrogens is 292 g/mol. The molecule has 0 amide bonds. The number of guanidine groups is 1. The van der Waals surface area contributed by atoms with Gasteiger partial charge in [-0.05, 0) is 36.8 Å². The number of nitrogens with zero attached hydrogens (tertiary/aromatic N) is 3. The van der Waals surface area contributed by atoms with E-state index in [1.165, 1.54) is 0 Å². The Morgan fingerprint density at radius 2 is 2.17 bits per heavy atom. The zero-order valence-electron chi connectivity index (χ0n) is 13.8. The maximum Gasteiger partial charge on any atom is 0.365 e. The van der Waals surface area contributed by atoms with Crippen LogP contribution in [0, 0.1) is 0 Å². The van der Waals surface area contributed by atoms with Crippen molar-refractivity contribution >= 4 is 12.2 Å². The number of rotatable bonds is 6. The molecule has 1 aromatic heterocycles. The lowest BCUT2D eigenvalue weighted by atomic mass is 10.2. The van der Waals surface area contributed by atoms with Gasteiger partial charge < -0.3 is 4.74 Å². The molecule has 0 aliphatic rings. The van der Waals surface area contributed by atoms with E-state index in [-0.39, 0.29) is 0 Å². The summed E-state index contributed by atoms with van der Waals surface area (Å²) in [5.41, 5.74) is 9.32. The molecule has 1 heterocycles. The first-order chi connectivity index (χ1) is 11.1. The zero-order chi connectivity index (χ0) is 16.7. The van der Waals surface area contributed by atoms with Crippen LogP contribution >= 0.6 is 0 Å². The molecule has 0 atom stereocenters. The highest BCUT2D eigenvalue weighted by Gasteiger charge is 2.11. The minimum absolute atomic E-state index is 0.430. The van der Waals surface area contributed by atoms with Gasteiger partial charge in [0.1, 0.15) is 18.1 Å². The van der Waals surface area contributed by atoms with Gasteiger partial charge in [0.15, 0.2) is 6.61 Å². The van der Waals surface area contributed by atoms with Crippen LogP contribution in [-0.2, 0) is 20.7 Å². The van der Waals surface area contributed by atoms with Gasteiger partial charge in [0, 0.05) is 0 Å². The number of hydrogen-bond acceptors (Lipinski definition) is 2. The Hall–Kier alpha value is -2.83. The summed E-state index contributed by atoms with van der Waals surface area (Å²) in [4.78, 5) is 2.93. The molecule has 0 saturated carbocycles. The molecule has 0 aliphatic heterocycles. The predicted octanol–water partition coefficient (Wildman–Crippen LogP) is -1.23. The number of aryl methyl sites for hydroxylation is 2. The summed E-state index contributed by atoms with van der Waals surface area (Å²) in [6, 6.07) is 7.72. The molecule has 0 radical (unpaired) electrons. The number of imidazole rings is 1. The SMILES string of the molecule is CC[NH+]=C(N)N/N=C\c1ccc(OCc2n(C)cc[n+]2C)cc1. The molecule has 23 heavy (non-hydrogen) atoms. The zero-order valence-corrected chi connectivity index (χ0v) is 13.8. The second kappa shape index (κ2) is 7.98. The van der Waals surface area contributed by atoms with Gasteiger partial charge in [-0.3, -0.25) is 10.7 Å². The third-order valence-corrected chi connectivity index (χ3v) is 3.34. The fourth-order valence-corrected chi connectivity index (χ4v) is 2.03. The highest BCUT2D eigenvalue weighted by Crippen LogP contribution is 2.12. The Kier molecular flexibility index (Phi) is 5.74. The number of hydrazone groups is 1. The predicted molar refractivity (Wildman–Crippen MR) is 88.8 cm³/mol. The van der Waals surface area contributed by atoms with Gasteiger partial charge in [-0.15, -0.1) is 5.10 Å². The van der Waals surface area contributed by atoms with E-state index in [0.717, 1.165) is 23.7 Å². The Morgan fingerprint density at radius 1 is 1.43 bits per heavy atom. The van der Waals surface area contributed by atoms with Crippen molar-refractivity contribution in [3.63, 3.8) is 0 Å². The number of hydrogen-bond donors (Lipinski definition) is 3. The average molecular weight is 316 g/mol. The molecule has 4 N–H and O–H groups in total. The summed E-state index contributed by atoms with van der Waals surface area (Å²) in [5, 5.41) is 4.05. The van der Waals surface area contributed by atoms with Crippen molar-refractivity contribution in [2.45, 2.75) is 13.5 Å². The van der Waals surface area contributed by atoms with Crippen LogP contribution in [-0.4, -0.2) is 23.3 Å². The van der Waals surface area contributed by atoms with Crippen molar-refractivity contribution in [2.75, 3.05) is 6.54 Å². The van der Waals surface area contributed by atoms with Crippen LogP contribution in [0.2, 0.25) is 0 Å². The van der Waals surface area contributed by atoms with Crippen molar-refractivity contribution < 1.29 is 14.3 Å². The van der Waals surface area contributed by atoms with Gasteiger partial charge in [0.05, 0.1) is 26.9 Å². The minimum Gasteiger partial charge on any atom is -0.481 e. The lowest BCUT2D eigenvalue weighted by molar-refractivity contribution is -0.680. The highest BCUT2D eigenvalue weighted by molar-refractivity contribution is 5.81. The van der Waals surface area contributed by atoms with Crippen LogP contribution in [0.15, 0.2) is 41.8 Å². The number of nitrogens with one attached hydrogen (secondary N) is 2. The van der Waals surface area contributed by atoms with Crippen LogP contribution < -0.4 is 25.5 Å². The molecule has 7 nitrogen and oxygen atoms in total. The van der Waals surface area contributed by atoms with E-state index in [0.29, 0.717) is 12.6 Å². The van der Waals surface area contributed by atoms with E-state index >= 15 is 0 Å². The normalized spacial score (nSPS) is 11.9. The van der Waals surface area contributed by atoms with Crippen molar-refractivity contribution in [2.24, 2.45) is 24.9 Å². The summed E-state index contributed by atoms with van der Waals surface area (Å²) in [6.07, 6.45) is 5.70. The second-order valence-corrected chi connectivity index (χ2v) is 5.11. The monoisotopic (exact) mass is 316 g/mol. The molecule has 0 bridgehead atoms. The van der Waals surface area contributed by atoms with Crippen LogP contribution in [0.1, 0.15) is 18.3 Å². The standard InChI is InChI=1S/C16H23N6O/c1-4-18-16(17)20-19-11-13-5-7-14(8-6-13)23-12-15-21(2)9-10-22(15)3/h5-11H,4,12H2,1-3H3,(H3,17,18,20)/q+1/p+1/b19-11-. The Morgan fingerprint density at radius 3 is 2.78 bits per heavy atom. The van der Waals surface area contributed by atoms with Crippen LogP contribution in [0.5, 0.6) is 5.75 Å². The maximum absolute atomic E-state index is 5.81. The van der Waals surface area contributed by atoms with E-state index in [2.05, 4.69) is 15.5 Å². The molecular formula is C16H24N6O+2. The molecule has 0 fully saturated rings. The van der Waals surface area contributed by atoms with Gasteiger partial charge in [-0.2, -0.15) is 5.43 Å². The van der Waals surface area contributed by atoms with Crippen LogP contribution in [0.3, 0.4) is 0 Å².